The maximum atomic E-state index is 12.9. The number of hydrogen-bond donors (Lipinski definition) is 0. The minimum atomic E-state index is -0.520. The Morgan fingerprint density at radius 1 is 0.925 bits per heavy atom. The van der Waals surface area contributed by atoms with Crippen LogP contribution >= 0.6 is 0 Å². The lowest BCUT2D eigenvalue weighted by atomic mass is 10.1. The minimum Gasteiger partial charge on any atom is -0.494 e. The van der Waals surface area contributed by atoms with Crippen LogP contribution in [0.2, 0.25) is 0 Å². The molecule has 1 heterocycles. The average Bonchev–Trinajstić information content (AvgIpc) is 3.26. The van der Waals surface area contributed by atoms with Gasteiger partial charge in [-0.3, -0.25) is 14.6 Å². The number of hydrogen-bond acceptors (Lipinski definition) is 5. The van der Waals surface area contributed by atoms with Gasteiger partial charge in [-0.15, -0.1) is 0 Å². The van der Waals surface area contributed by atoms with E-state index in [0.29, 0.717) is 17.0 Å². The molecule has 40 heavy (non-hydrogen) atoms. The van der Waals surface area contributed by atoms with Gasteiger partial charge in [0.2, 0.25) is 0 Å². The van der Waals surface area contributed by atoms with Gasteiger partial charge >= 0.3 is 0 Å². The number of nitrogens with zero attached hydrogens (tertiary/aromatic N) is 3. The van der Waals surface area contributed by atoms with Crippen molar-refractivity contribution in [3.63, 3.8) is 0 Å². The van der Waals surface area contributed by atoms with Gasteiger partial charge in [0.1, 0.15) is 11.7 Å². The molecule has 1 atom stereocenters. The number of allylic oxidation sites excluding steroid dienone is 1. The lowest BCUT2D eigenvalue weighted by molar-refractivity contribution is -0.118. The van der Waals surface area contributed by atoms with Crippen LogP contribution in [0, 0.1) is 12.8 Å². The number of anilines is 1. The Labute approximate surface area is 237 Å². The van der Waals surface area contributed by atoms with E-state index in [9.17, 15) is 9.59 Å². The Bertz CT molecular complexity index is 1370. The summed E-state index contributed by atoms with van der Waals surface area (Å²) in [5.74, 6) is 0.0986. The van der Waals surface area contributed by atoms with Crippen LogP contribution in [0.5, 0.6) is 5.75 Å². The van der Waals surface area contributed by atoms with E-state index in [4.69, 9.17) is 4.74 Å². The predicted octanol–water partition coefficient (Wildman–Crippen LogP) is 7.98. The molecule has 0 aromatic heterocycles. The topological polar surface area (TPSA) is 71.3 Å². The van der Waals surface area contributed by atoms with Gasteiger partial charge in [0.25, 0.3) is 5.91 Å². The zero-order valence-corrected chi connectivity index (χ0v) is 23.5. The van der Waals surface area contributed by atoms with Crippen molar-refractivity contribution in [1.82, 2.24) is 0 Å². The lowest BCUT2D eigenvalue weighted by Crippen LogP contribution is -2.27. The Kier molecular flexibility index (Phi) is 10.2. The first kappa shape index (κ1) is 28.7. The molecule has 0 N–H and O–H groups in total. The van der Waals surface area contributed by atoms with Crippen LogP contribution in [0.4, 0.5) is 11.4 Å². The number of aliphatic imine (C=N–C) groups is 1. The maximum Gasteiger partial charge on any atom is 0.261 e. The van der Waals surface area contributed by atoms with Crippen molar-refractivity contribution in [2.75, 3.05) is 11.6 Å². The third-order valence-corrected chi connectivity index (χ3v) is 6.81. The van der Waals surface area contributed by atoms with Crippen LogP contribution in [-0.4, -0.2) is 30.2 Å². The second-order valence-corrected chi connectivity index (χ2v) is 10.1. The summed E-state index contributed by atoms with van der Waals surface area (Å²) in [4.78, 5) is 30.1. The van der Waals surface area contributed by atoms with Gasteiger partial charge in [-0.05, 0) is 80.4 Å². The molecule has 0 saturated carbocycles. The summed E-state index contributed by atoms with van der Waals surface area (Å²) in [6.45, 7) is 6.77. The number of amides is 1. The van der Waals surface area contributed by atoms with E-state index in [-0.39, 0.29) is 11.7 Å². The molecule has 0 spiro atoms. The Balaban J connectivity index is 1.28. The zero-order chi connectivity index (χ0) is 28.3. The third kappa shape index (κ3) is 7.85. The fourth-order valence-electron chi connectivity index (χ4n) is 4.33. The SMILES string of the molecule is CCCCCCCOc1ccc(/C=C/C(=O)c2ccc(N=CC3C(=O)N(c4ccc(C)cc4)N=C3C)cc2)cc1. The quantitative estimate of drug-likeness (QED) is 0.0964. The number of hydrazone groups is 1. The van der Waals surface area contributed by atoms with Gasteiger partial charge in [-0.2, -0.15) is 10.1 Å². The molecule has 0 aliphatic carbocycles. The van der Waals surface area contributed by atoms with Crippen LogP contribution in [0.25, 0.3) is 6.08 Å². The summed E-state index contributed by atoms with van der Waals surface area (Å²) in [5, 5.41) is 5.85. The van der Waals surface area contributed by atoms with Crippen molar-refractivity contribution < 1.29 is 14.3 Å². The van der Waals surface area contributed by atoms with E-state index in [1.165, 1.54) is 30.7 Å². The first-order valence-electron chi connectivity index (χ1n) is 14.0. The van der Waals surface area contributed by atoms with Crippen molar-refractivity contribution in [2.24, 2.45) is 16.0 Å². The molecular weight excluding hydrogens is 498 g/mol. The number of carbonyl (C=O) groups excluding carboxylic acids is 2. The van der Waals surface area contributed by atoms with Gasteiger partial charge in [0.05, 0.1) is 23.7 Å². The molecule has 1 amide bonds. The van der Waals surface area contributed by atoms with E-state index in [0.717, 1.165) is 35.6 Å². The van der Waals surface area contributed by atoms with Crippen molar-refractivity contribution in [1.29, 1.82) is 0 Å². The summed E-state index contributed by atoms with van der Waals surface area (Å²) in [7, 11) is 0. The molecular formula is C34H37N3O3. The normalized spacial score (nSPS) is 15.3. The Morgan fingerprint density at radius 3 is 2.33 bits per heavy atom. The second kappa shape index (κ2) is 14.2. The van der Waals surface area contributed by atoms with Crippen LogP contribution < -0.4 is 9.75 Å². The van der Waals surface area contributed by atoms with Gasteiger partial charge in [0, 0.05) is 11.8 Å². The van der Waals surface area contributed by atoms with E-state index in [2.05, 4.69) is 17.0 Å². The summed E-state index contributed by atoms with van der Waals surface area (Å²) >= 11 is 0. The van der Waals surface area contributed by atoms with E-state index >= 15 is 0 Å². The molecule has 0 fully saturated rings. The summed E-state index contributed by atoms with van der Waals surface area (Å²) in [5.41, 5.74) is 4.71. The summed E-state index contributed by atoms with van der Waals surface area (Å²) in [6.07, 6.45) is 11.0. The molecule has 0 bridgehead atoms. The van der Waals surface area contributed by atoms with Crippen molar-refractivity contribution >= 4 is 41.1 Å². The molecule has 0 radical (unpaired) electrons. The van der Waals surface area contributed by atoms with Crippen LogP contribution in [0.3, 0.4) is 0 Å². The van der Waals surface area contributed by atoms with Crippen molar-refractivity contribution in [3.05, 3.63) is 95.6 Å². The Hall–Kier alpha value is -4.32. The zero-order valence-electron chi connectivity index (χ0n) is 23.5. The van der Waals surface area contributed by atoms with E-state index in [1.54, 1.807) is 42.6 Å². The molecule has 206 valence electrons. The van der Waals surface area contributed by atoms with Crippen LogP contribution in [0.1, 0.15) is 67.4 Å². The third-order valence-electron chi connectivity index (χ3n) is 6.81. The lowest BCUT2D eigenvalue weighted by Gasteiger charge is -2.12. The molecule has 1 aliphatic heterocycles. The number of aryl methyl sites for hydroxylation is 1. The predicted molar refractivity (Wildman–Crippen MR) is 164 cm³/mol. The first-order chi connectivity index (χ1) is 19.4. The number of unbranched alkanes of at least 4 members (excludes halogenated alkanes) is 4. The summed E-state index contributed by atoms with van der Waals surface area (Å²) in [6, 6.07) is 22.5. The standard InChI is InChI=1S/C34H37N3O3/c1-4-5-6-7-8-23-40-31-20-11-27(12-21-31)13-22-33(38)28-14-16-29(17-15-28)35-24-32-26(3)36-37(34(32)39)30-18-9-25(2)10-19-30/h9-22,24,32H,4-8,23H2,1-3H3/b22-13+,35-24?. The highest BCUT2D eigenvalue weighted by atomic mass is 16.5. The van der Waals surface area contributed by atoms with Crippen molar-refractivity contribution in [2.45, 2.75) is 52.9 Å². The smallest absolute Gasteiger partial charge is 0.261 e. The van der Waals surface area contributed by atoms with Crippen LogP contribution in [0.15, 0.2) is 89.0 Å². The highest BCUT2D eigenvalue weighted by Gasteiger charge is 2.33. The maximum absolute atomic E-state index is 12.9. The highest BCUT2D eigenvalue weighted by Crippen LogP contribution is 2.24. The van der Waals surface area contributed by atoms with Gasteiger partial charge < -0.3 is 4.74 Å². The fraction of sp³-hybridized carbons (Fsp3) is 0.294. The highest BCUT2D eigenvalue weighted by molar-refractivity contribution is 6.23. The summed E-state index contributed by atoms with van der Waals surface area (Å²) < 4.78 is 5.81. The van der Waals surface area contributed by atoms with Crippen molar-refractivity contribution in [3.8, 4) is 5.75 Å². The first-order valence-corrected chi connectivity index (χ1v) is 14.0. The van der Waals surface area contributed by atoms with E-state index in [1.807, 2.05) is 62.4 Å². The largest absolute Gasteiger partial charge is 0.494 e. The molecule has 6 nitrogen and oxygen atoms in total. The number of rotatable bonds is 13. The molecule has 0 saturated heterocycles. The van der Waals surface area contributed by atoms with Gasteiger partial charge in [-0.25, -0.2) is 0 Å². The molecule has 3 aromatic rings. The molecule has 4 rings (SSSR count). The monoisotopic (exact) mass is 535 g/mol. The molecule has 1 aliphatic rings. The Morgan fingerprint density at radius 2 is 1.62 bits per heavy atom. The minimum absolute atomic E-state index is 0.0920. The fourth-order valence-corrected chi connectivity index (χ4v) is 4.33. The number of ether oxygens (including phenoxy) is 1. The van der Waals surface area contributed by atoms with Gasteiger partial charge in [0.15, 0.2) is 5.78 Å². The molecule has 1 unspecified atom stereocenters. The second-order valence-electron chi connectivity index (χ2n) is 10.1. The molecule has 6 heteroatoms. The molecule has 3 aromatic carbocycles. The van der Waals surface area contributed by atoms with Crippen LogP contribution in [-0.2, 0) is 4.79 Å². The van der Waals surface area contributed by atoms with Gasteiger partial charge in [-0.1, -0.05) is 68.5 Å². The van der Waals surface area contributed by atoms with E-state index < -0.39 is 5.92 Å². The number of benzene rings is 3. The number of ketones is 1. The average molecular weight is 536 g/mol. The number of carbonyl (C=O) groups is 2.